The molecule has 0 atom stereocenters. The van der Waals surface area contributed by atoms with Gasteiger partial charge in [0.15, 0.2) is 0 Å². The minimum Gasteiger partial charge on any atom is -0.480 e. The fourth-order valence-corrected chi connectivity index (χ4v) is 3.28. The largest absolute Gasteiger partial charge is 0.480 e. The number of aromatic nitrogens is 2. The van der Waals surface area contributed by atoms with E-state index in [1.165, 1.54) is 11.8 Å². The van der Waals surface area contributed by atoms with Gasteiger partial charge in [-0.3, -0.25) is 14.2 Å². The maximum atomic E-state index is 12.4. The molecule has 21 heavy (non-hydrogen) atoms. The maximum absolute atomic E-state index is 12.4. The van der Waals surface area contributed by atoms with E-state index >= 15 is 0 Å². The first-order valence-corrected chi connectivity index (χ1v) is 8.11. The number of carboxylic acid groups (broad SMARTS) is 1. The van der Waals surface area contributed by atoms with E-state index in [-0.39, 0.29) is 11.5 Å². The average molecular weight is 307 g/mol. The van der Waals surface area contributed by atoms with E-state index < -0.39 is 18.1 Å². The van der Waals surface area contributed by atoms with Gasteiger partial charge in [-0.1, -0.05) is 19.3 Å². The van der Waals surface area contributed by atoms with Crippen LogP contribution in [0.5, 0.6) is 0 Å². The molecule has 1 N–H and O–H groups in total. The van der Waals surface area contributed by atoms with Crippen molar-refractivity contribution in [3.63, 3.8) is 0 Å². The molecule has 0 aromatic carbocycles. The van der Waals surface area contributed by atoms with Crippen LogP contribution in [0.15, 0.2) is 9.82 Å². The Kier molecular flexibility index (Phi) is 5.02. The van der Waals surface area contributed by atoms with Gasteiger partial charge in [-0.15, -0.1) is 11.8 Å². The van der Waals surface area contributed by atoms with E-state index in [4.69, 9.17) is 10.4 Å². The van der Waals surface area contributed by atoms with Gasteiger partial charge < -0.3 is 5.11 Å². The number of aliphatic carboxylic acids is 1. The fraction of sp³-hybridized carbons (Fsp3) is 0.571. The number of carboxylic acids is 1. The Balaban J connectivity index is 2.60. The van der Waals surface area contributed by atoms with Crippen molar-refractivity contribution in [2.24, 2.45) is 0 Å². The molecular formula is C14H17N3O3S. The van der Waals surface area contributed by atoms with Crippen LogP contribution in [0.2, 0.25) is 0 Å². The van der Waals surface area contributed by atoms with Crippen molar-refractivity contribution in [2.75, 3.05) is 6.26 Å². The number of nitriles is 1. The molecule has 1 heterocycles. The number of carbonyl (C=O) groups is 1. The summed E-state index contributed by atoms with van der Waals surface area (Å²) in [5.41, 5.74) is -0.608. The molecule has 2 rings (SSSR count). The first-order valence-electron chi connectivity index (χ1n) is 6.89. The first-order chi connectivity index (χ1) is 10.1. The summed E-state index contributed by atoms with van der Waals surface area (Å²) in [4.78, 5) is 27.9. The molecular weight excluding hydrogens is 290 g/mol. The van der Waals surface area contributed by atoms with Crippen LogP contribution in [0.25, 0.3) is 0 Å². The standard InChI is InChI=1S/C14H17N3O3S/c1-21-13-10(7-15)14(20)17(8-11(18)19)12(16-13)9-5-3-2-4-6-9/h9H,2-6,8H2,1H3,(H,18,19). The van der Waals surface area contributed by atoms with Crippen LogP contribution >= 0.6 is 11.8 Å². The zero-order chi connectivity index (χ0) is 15.4. The van der Waals surface area contributed by atoms with Crippen molar-refractivity contribution in [1.82, 2.24) is 9.55 Å². The van der Waals surface area contributed by atoms with Crippen LogP contribution in [-0.4, -0.2) is 26.9 Å². The Morgan fingerprint density at radius 3 is 2.67 bits per heavy atom. The van der Waals surface area contributed by atoms with Crippen LogP contribution in [0.1, 0.15) is 49.4 Å². The third-order valence-electron chi connectivity index (χ3n) is 3.73. The molecule has 0 unspecified atom stereocenters. The van der Waals surface area contributed by atoms with Gasteiger partial charge in [-0.05, 0) is 19.1 Å². The molecule has 1 aromatic rings. The summed E-state index contributed by atoms with van der Waals surface area (Å²) in [6, 6.07) is 1.85. The summed E-state index contributed by atoms with van der Waals surface area (Å²) in [7, 11) is 0. The van der Waals surface area contributed by atoms with E-state index in [2.05, 4.69) is 4.98 Å². The predicted octanol–water partition coefficient (Wildman–Crippen LogP) is 1.97. The second-order valence-corrected chi connectivity index (χ2v) is 5.88. The lowest BCUT2D eigenvalue weighted by molar-refractivity contribution is -0.137. The summed E-state index contributed by atoms with van der Waals surface area (Å²) in [6.07, 6.45) is 6.85. The number of hydrogen-bond acceptors (Lipinski definition) is 5. The molecule has 0 radical (unpaired) electrons. The molecule has 1 aliphatic rings. The van der Waals surface area contributed by atoms with Crippen molar-refractivity contribution >= 4 is 17.7 Å². The van der Waals surface area contributed by atoms with Gasteiger partial charge >= 0.3 is 5.97 Å². The van der Waals surface area contributed by atoms with Crippen molar-refractivity contribution < 1.29 is 9.90 Å². The number of rotatable bonds is 4. The minimum absolute atomic E-state index is 0.0664. The molecule has 6 nitrogen and oxygen atoms in total. The van der Waals surface area contributed by atoms with Gasteiger partial charge in [0, 0.05) is 5.92 Å². The second kappa shape index (κ2) is 6.76. The van der Waals surface area contributed by atoms with Gasteiger partial charge in [0.25, 0.3) is 5.56 Å². The zero-order valence-electron chi connectivity index (χ0n) is 11.8. The van der Waals surface area contributed by atoms with Gasteiger partial charge in [0.05, 0.1) is 0 Å². The SMILES string of the molecule is CSc1nc(C2CCCCC2)n(CC(=O)O)c(=O)c1C#N. The predicted molar refractivity (Wildman–Crippen MR) is 78.5 cm³/mol. The maximum Gasteiger partial charge on any atom is 0.323 e. The van der Waals surface area contributed by atoms with Crippen LogP contribution < -0.4 is 5.56 Å². The molecule has 0 aliphatic heterocycles. The lowest BCUT2D eigenvalue weighted by Crippen LogP contribution is -2.32. The third-order valence-corrected chi connectivity index (χ3v) is 4.42. The lowest BCUT2D eigenvalue weighted by Gasteiger charge is -2.24. The normalized spacial score (nSPS) is 15.6. The zero-order valence-corrected chi connectivity index (χ0v) is 12.7. The lowest BCUT2D eigenvalue weighted by atomic mass is 9.88. The molecule has 112 valence electrons. The Bertz CT molecular complexity index is 642. The fourth-order valence-electron chi connectivity index (χ4n) is 2.75. The highest BCUT2D eigenvalue weighted by Gasteiger charge is 2.25. The summed E-state index contributed by atoms with van der Waals surface area (Å²) in [5, 5.41) is 18.5. The smallest absolute Gasteiger partial charge is 0.323 e. The number of hydrogen-bond donors (Lipinski definition) is 1. The highest BCUT2D eigenvalue weighted by molar-refractivity contribution is 7.98. The summed E-state index contributed by atoms with van der Waals surface area (Å²) >= 11 is 1.25. The van der Waals surface area contributed by atoms with Crippen molar-refractivity contribution in [3.8, 4) is 6.07 Å². The highest BCUT2D eigenvalue weighted by Crippen LogP contribution is 2.32. The van der Waals surface area contributed by atoms with Gasteiger partial charge in [-0.25, -0.2) is 4.98 Å². The Morgan fingerprint density at radius 2 is 2.14 bits per heavy atom. The van der Waals surface area contributed by atoms with Gasteiger partial charge in [0.1, 0.15) is 29.0 Å². The number of thioether (sulfide) groups is 1. The molecule has 0 bridgehead atoms. The van der Waals surface area contributed by atoms with Crippen LogP contribution in [0.4, 0.5) is 0 Å². The van der Waals surface area contributed by atoms with Crippen LogP contribution in [0, 0.1) is 11.3 Å². The topological polar surface area (TPSA) is 96.0 Å². The second-order valence-electron chi connectivity index (χ2n) is 5.09. The van der Waals surface area contributed by atoms with Crippen LogP contribution in [0.3, 0.4) is 0 Å². The monoisotopic (exact) mass is 307 g/mol. The first kappa shape index (κ1) is 15.6. The van der Waals surface area contributed by atoms with Gasteiger partial charge in [0.2, 0.25) is 0 Å². The molecule has 1 fully saturated rings. The third kappa shape index (κ3) is 3.27. The Labute approximate surface area is 126 Å². The van der Waals surface area contributed by atoms with E-state index in [1.54, 1.807) is 6.26 Å². The molecule has 1 saturated carbocycles. The Morgan fingerprint density at radius 1 is 1.48 bits per heavy atom. The average Bonchev–Trinajstić information content (AvgIpc) is 2.49. The van der Waals surface area contributed by atoms with E-state index in [0.717, 1.165) is 36.7 Å². The summed E-state index contributed by atoms with van der Waals surface area (Å²) in [5.74, 6) is -0.480. The van der Waals surface area contributed by atoms with Crippen molar-refractivity contribution in [2.45, 2.75) is 49.6 Å². The van der Waals surface area contributed by atoms with Crippen molar-refractivity contribution in [3.05, 3.63) is 21.7 Å². The number of nitrogens with zero attached hydrogens (tertiary/aromatic N) is 3. The van der Waals surface area contributed by atoms with E-state index in [9.17, 15) is 9.59 Å². The molecule has 7 heteroatoms. The van der Waals surface area contributed by atoms with E-state index in [0.29, 0.717) is 10.9 Å². The summed E-state index contributed by atoms with van der Waals surface area (Å²) in [6.45, 7) is -0.443. The quantitative estimate of drug-likeness (QED) is 0.675. The molecule has 0 spiro atoms. The summed E-state index contributed by atoms with van der Waals surface area (Å²) < 4.78 is 1.16. The minimum atomic E-state index is -1.10. The van der Waals surface area contributed by atoms with E-state index in [1.807, 2.05) is 6.07 Å². The van der Waals surface area contributed by atoms with Crippen molar-refractivity contribution in [1.29, 1.82) is 5.26 Å². The highest BCUT2D eigenvalue weighted by atomic mass is 32.2. The van der Waals surface area contributed by atoms with Gasteiger partial charge in [-0.2, -0.15) is 5.26 Å². The van der Waals surface area contributed by atoms with Crippen LogP contribution in [-0.2, 0) is 11.3 Å². The molecule has 0 saturated heterocycles. The Hall–Kier alpha value is -1.81. The molecule has 0 amide bonds. The molecule has 1 aliphatic carbocycles. The molecule has 1 aromatic heterocycles.